The molecule has 3 aromatic rings. The number of anilines is 1. The van der Waals surface area contributed by atoms with Crippen LogP contribution < -0.4 is 11.2 Å². The second-order valence-electron chi connectivity index (χ2n) is 6.07. The number of carbonyl (C=O) groups excluding carboxylic acids is 1. The van der Waals surface area contributed by atoms with Gasteiger partial charge in [-0.05, 0) is 49.4 Å². The van der Waals surface area contributed by atoms with Crippen molar-refractivity contribution in [2.24, 2.45) is 5.10 Å². The van der Waals surface area contributed by atoms with Gasteiger partial charge in [0.05, 0.1) is 28.7 Å². The van der Waals surface area contributed by atoms with Crippen molar-refractivity contribution in [1.29, 1.82) is 0 Å². The van der Waals surface area contributed by atoms with Crippen LogP contribution in [0.1, 0.15) is 27.2 Å². The van der Waals surface area contributed by atoms with Gasteiger partial charge in [0, 0.05) is 11.3 Å². The third-order valence-electron chi connectivity index (χ3n) is 4.00. The molecule has 0 bridgehead atoms. The topological polar surface area (TPSA) is 85.3 Å². The maximum Gasteiger partial charge on any atom is 0.416 e. The molecule has 2 aromatic carbocycles. The fourth-order valence-corrected chi connectivity index (χ4v) is 2.82. The summed E-state index contributed by atoms with van der Waals surface area (Å²) in [6, 6.07) is 10.9. The van der Waals surface area contributed by atoms with Crippen LogP contribution in [0.5, 0.6) is 0 Å². The van der Waals surface area contributed by atoms with Crippen LogP contribution in [0.15, 0.2) is 53.6 Å². The Morgan fingerprint density at radius 2 is 1.93 bits per heavy atom. The van der Waals surface area contributed by atoms with Crippen molar-refractivity contribution in [3.8, 4) is 5.69 Å². The lowest BCUT2D eigenvalue weighted by atomic mass is 10.2. The number of benzene rings is 2. The number of nitrogens with zero attached hydrogens (tertiary/aromatic N) is 3. The number of nitrogens with two attached hydrogens (primary N) is 1. The smallest absolute Gasteiger partial charge is 0.399 e. The molecule has 29 heavy (non-hydrogen) atoms. The Labute approximate surface area is 168 Å². The molecule has 150 valence electrons. The molecule has 3 rings (SSSR count). The van der Waals surface area contributed by atoms with Crippen molar-refractivity contribution in [1.82, 2.24) is 15.2 Å². The van der Waals surface area contributed by atoms with E-state index in [0.717, 1.165) is 12.1 Å². The van der Waals surface area contributed by atoms with E-state index in [-0.39, 0.29) is 10.8 Å². The summed E-state index contributed by atoms with van der Waals surface area (Å²) < 4.78 is 40.0. The van der Waals surface area contributed by atoms with E-state index in [0.29, 0.717) is 22.5 Å². The third kappa shape index (κ3) is 4.57. The minimum atomic E-state index is -4.48. The van der Waals surface area contributed by atoms with Crippen LogP contribution in [0.3, 0.4) is 0 Å². The predicted molar refractivity (Wildman–Crippen MR) is 104 cm³/mol. The summed E-state index contributed by atoms with van der Waals surface area (Å²) in [7, 11) is 0. The summed E-state index contributed by atoms with van der Waals surface area (Å²) in [4.78, 5) is 12.0. The van der Waals surface area contributed by atoms with E-state index < -0.39 is 17.6 Å². The number of hydrogen-bond donors (Lipinski definition) is 2. The molecule has 0 fully saturated rings. The van der Waals surface area contributed by atoms with Gasteiger partial charge < -0.3 is 5.73 Å². The lowest BCUT2D eigenvalue weighted by Gasteiger charge is -2.09. The fraction of sp³-hybridized carbons (Fsp3) is 0.105. The largest absolute Gasteiger partial charge is 0.416 e. The highest BCUT2D eigenvalue weighted by atomic mass is 35.5. The van der Waals surface area contributed by atoms with Gasteiger partial charge in [0.15, 0.2) is 0 Å². The van der Waals surface area contributed by atoms with Crippen LogP contribution in [0.2, 0.25) is 5.15 Å². The van der Waals surface area contributed by atoms with Crippen molar-refractivity contribution in [3.63, 3.8) is 0 Å². The Morgan fingerprint density at radius 1 is 1.24 bits per heavy atom. The minimum absolute atomic E-state index is 0.0623. The van der Waals surface area contributed by atoms with Crippen molar-refractivity contribution < 1.29 is 18.0 Å². The average Bonchev–Trinajstić information content (AvgIpc) is 2.96. The van der Waals surface area contributed by atoms with Crippen LogP contribution in [-0.4, -0.2) is 21.9 Å². The minimum Gasteiger partial charge on any atom is -0.399 e. The zero-order valence-electron chi connectivity index (χ0n) is 15.0. The Morgan fingerprint density at radius 3 is 2.59 bits per heavy atom. The molecule has 3 N–H and O–H groups in total. The predicted octanol–water partition coefficient (Wildman–Crippen LogP) is 4.20. The van der Waals surface area contributed by atoms with Gasteiger partial charge in [-0.1, -0.05) is 17.7 Å². The first-order valence-electron chi connectivity index (χ1n) is 8.28. The lowest BCUT2D eigenvalue weighted by molar-refractivity contribution is -0.137. The van der Waals surface area contributed by atoms with Crippen molar-refractivity contribution in [2.75, 3.05) is 5.73 Å². The van der Waals surface area contributed by atoms with Crippen molar-refractivity contribution in [2.45, 2.75) is 13.1 Å². The summed E-state index contributed by atoms with van der Waals surface area (Å²) in [6.07, 6.45) is -3.20. The standard InChI is InChI=1S/C19H15ClF3N5O/c1-11-16(10-25-26-18(29)12-5-7-14(24)8-6-12)17(20)28(27-11)15-4-2-3-13(9-15)19(21,22)23/h2-10H,24H2,1H3,(H,26,29)/b25-10-. The van der Waals surface area contributed by atoms with Gasteiger partial charge in [0.2, 0.25) is 0 Å². The highest BCUT2D eigenvalue weighted by molar-refractivity contribution is 6.32. The molecule has 1 aromatic heterocycles. The van der Waals surface area contributed by atoms with E-state index in [9.17, 15) is 18.0 Å². The highest BCUT2D eigenvalue weighted by Gasteiger charge is 2.30. The monoisotopic (exact) mass is 421 g/mol. The number of halogens is 4. The number of amides is 1. The number of aromatic nitrogens is 2. The normalized spacial score (nSPS) is 11.8. The van der Waals surface area contributed by atoms with E-state index >= 15 is 0 Å². The van der Waals surface area contributed by atoms with Gasteiger partial charge in [-0.25, -0.2) is 10.1 Å². The summed E-state index contributed by atoms with van der Waals surface area (Å²) in [5.41, 5.74) is 8.93. The number of aryl methyl sites for hydroxylation is 1. The quantitative estimate of drug-likeness (QED) is 0.376. The molecule has 0 saturated heterocycles. The molecule has 1 amide bonds. The molecule has 0 saturated carbocycles. The van der Waals surface area contributed by atoms with E-state index in [1.165, 1.54) is 23.0 Å². The van der Waals surface area contributed by atoms with Crippen LogP contribution in [0, 0.1) is 6.92 Å². The SMILES string of the molecule is Cc1nn(-c2cccc(C(F)(F)F)c2)c(Cl)c1/C=N\NC(=O)c1ccc(N)cc1. The number of nitrogens with one attached hydrogen (secondary N) is 1. The fourth-order valence-electron chi connectivity index (χ4n) is 2.50. The molecule has 6 nitrogen and oxygen atoms in total. The number of alkyl halides is 3. The number of hydrazone groups is 1. The van der Waals surface area contributed by atoms with E-state index in [4.69, 9.17) is 17.3 Å². The highest BCUT2D eigenvalue weighted by Crippen LogP contribution is 2.31. The first-order chi connectivity index (χ1) is 13.7. The molecule has 0 radical (unpaired) electrons. The van der Waals surface area contributed by atoms with Gasteiger partial charge in [0.1, 0.15) is 5.15 Å². The molecule has 0 spiro atoms. The van der Waals surface area contributed by atoms with Gasteiger partial charge >= 0.3 is 6.18 Å². The van der Waals surface area contributed by atoms with Gasteiger partial charge in [-0.2, -0.15) is 23.4 Å². The Hall–Kier alpha value is -3.33. The lowest BCUT2D eigenvalue weighted by Crippen LogP contribution is -2.17. The molecular weight excluding hydrogens is 407 g/mol. The van der Waals surface area contributed by atoms with Crippen LogP contribution in [0.4, 0.5) is 18.9 Å². The van der Waals surface area contributed by atoms with Crippen LogP contribution in [-0.2, 0) is 6.18 Å². The number of rotatable bonds is 4. The van der Waals surface area contributed by atoms with Gasteiger partial charge in [-0.3, -0.25) is 4.79 Å². The zero-order valence-corrected chi connectivity index (χ0v) is 15.8. The molecular formula is C19H15ClF3N5O. The number of carbonyl (C=O) groups is 1. The second kappa shape index (κ2) is 7.96. The second-order valence-corrected chi connectivity index (χ2v) is 6.43. The third-order valence-corrected chi connectivity index (χ3v) is 4.36. The van der Waals surface area contributed by atoms with Crippen LogP contribution >= 0.6 is 11.6 Å². The maximum atomic E-state index is 12.9. The molecule has 10 heteroatoms. The molecule has 0 aliphatic rings. The van der Waals surface area contributed by atoms with E-state index in [1.807, 2.05) is 0 Å². The summed E-state index contributed by atoms with van der Waals surface area (Å²) in [5, 5.41) is 8.08. The molecule has 0 aliphatic carbocycles. The van der Waals surface area contributed by atoms with Gasteiger partial charge in [0.25, 0.3) is 5.91 Å². The summed E-state index contributed by atoms with van der Waals surface area (Å²) >= 11 is 6.28. The van der Waals surface area contributed by atoms with E-state index in [2.05, 4.69) is 15.6 Å². The van der Waals surface area contributed by atoms with Crippen LogP contribution in [0.25, 0.3) is 5.69 Å². The zero-order chi connectivity index (χ0) is 21.2. The Kier molecular flexibility index (Phi) is 5.60. The Bertz CT molecular complexity index is 1070. The maximum absolute atomic E-state index is 12.9. The number of nitrogen functional groups attached to an aromatic ring is 1. The molecule has 0 atom stereocenters. The van der Waals surface area contributed by atoms with Crippen molar-refractivity contribution >= 4 is 29.4 Å². The van der Waals surface area contributed by atoms with Crippen molar-refractivity contribution in [3.05, 3.63) is 76.1 Å². The van der Waals surface area contributed by atoms with E-state index in [1.54, 1.807) is 31.2 Å². The van der Waals surface area contributed by atoms with Gasteiger partial charge in [-0.15, -0.1) is 0 Å². The molecule has 0 aliphatic heterocycles. The average molecular weight is 422 g/mol. The number of hydrogen-bond acceptors (Lipinski definition) is 4. The summed E-state index contributed by atoms with van der Waals surface area (Å²) in [6.45, 7) is 1.62. The summed E-state index contributed by atoms with van der Waals surface area (Å²) in [5.74, 6) is -0.458. The molecule has 1 heterocycles. The first kappa shape index (κ1) is 20.4. The Balaban J connectivity index is 1.82. The molecule has 0 unspecified atom stereocenters. The first-order valence-corrected chi connectivity index (χ1v) is 8.66.